The molecule has 0 aliphatic rings. The Labute approximate surface area is 169 Å². The largest absolute Gasteiger partial charge is 0.396 e. The van der Waals surface area contributed by atoms with Crippen LogP contribution in [-0.4, -0.2) is 116 Å². The van der Waals surface area contributed by atoms with E-state index in [1.807, 2.05) is 0 Å². The highest BCUT2D eigenvalue weighted by Crippen LogP contribution is 2.41. The monoisotopic (exact) mass is 474 g/mol. The molecule has 0 spiro atoms. The van der Waals surface area contributed by atoms with Gasteiger partial charge in [0.1, 0.15) is 0 Å². The molecule has 0 aromatic heterocycles. The van der Waals surface area contributed by atoms with E-state index in [2.05, 4.69) is 4.31 Å². The van der Waals surface area contributed by atoms with Crippen LogP contribution in [0.4, 0.5) is 0 Å². The lowest BCUT2D eigenvalue weighted by Crippen LogP contribution is -2.50. The highest BCUT2D eigenvalue weighted by molar-refractivity contribution is 7.53. The van der Waals surface area contributed by atoms with Gasteiger partial charge in [0, 0.05) is 0 Å². The van der Waals surface area contributed by atoms with Crippen LogP contribution in [0.5, 0.6) is 0 Å². The van der Waals surface area contributed by atoms with Crippen molar-refractivity contribution in [2.45, 2.75) is 12.5 Å². The molecular weight excluding hydrogens is 442 g/mol. The third-order valence-electron chi connectivity index (χ3n) is 3.55. The maximum Gasteiger partial charge on any atom is 0.334 e. The summed E-state index contributed by atoms with van der Waals surface area (Å²) >= 11 is 0. The average Bonchev–Trinajstić information content (AvgIpc) is 2.66. The van der Waals surface area contributed by atoms with Crippen molar-refractivity contribution in [3.8, 4) is 0 Å². The molecule has 0 aromatic carbocycles. The molecule has 0 aliphatic carbocycles. The van der Waals surface area contributed by atoms with Crippen molar-refractivity contribution < 1.29 is 64.0 Å². The fraction of sp³-hybridized carbons (Fsp3) is 1.00. The van der Waals surface area contributed by atoms with Crippen LogP contribution in [0.2, 0.25) is 0 Å². The number of rotatable bonds is 15. The summed E-state index contributed by atoms with van der Waals surface area (Å²) in [6.07, 6.45) is -2.43. The SMILES string of the molecule is NC(N)COC(O)C(CO)(CO)COCC(CO)(CO)CO.OP(O)OP(O)O. The van der Waals surface area contributed by atoms with Crippen LogP contribution in [0.25, 0.3) is 0 Å². The summed E-state index contributed by atoms with van der Waals surface area (Å²) in [7, 11) is -5.22. The minimum absolute atomic E-state index is 0.198. The Morgan fingerprint density at radius 2 is 1.21 bits per heavy atom. The van der Waals surface area contributed by atoms with E-state index in [-0.39, 0.29) is 19.8 Å². The molecule has 178 valence electrons. The van der Waals surface area contributed by atoms with E-state index >= 15 is 0 Å². The van der Waals surface area contributed by atoms with Gasteiger partial charge in [0.25, 0.3) is 0 Å². The molecule has 15 nitrogen and oxygen atoms in total. The van der Waals surface area contributed by atoms with Crippen molar-refractivity contribution in [2.24, 2.45) is 22.3 Å². The first-order valence-electron chi connectivity index (χ1n) is 7.94. The molecule has 0 fully saturated rings. The van der Waals surface area contributed by atoms with E-state index in [1.165, 1.54) is 0 Å². The fourth-order valence-electron chi connectivity index (χ4n) is 1.57. The molecule has 0 amide bonds. The lowest BCUT2D eigenvalue weighted by Gasteiger charge is -2.36. The standard InChI is InChI=1S/C12H28N2O8.H4O5P2/c13-9(14)1-22-10(20)12(5-18,6-19)8-21-7-11(2-15,3-16)4-17;1-6(2)5-7(3)4/h9-10,15-20H,1-8,13-14H2;1-4H. The quantitative estimate of drug-likeness (QED) is 0.0781. The Morgan fingerprint density at radius 3 is 1.48 bits per heavy atom. The molecule has 0 aromatic rings. The van der Waals surface area contributed by atoms with Crippen LogP contribution in [0.3, 0.4) is 0 Å². The van der Waals surface area contributed by atoms with Crippen LogP contribution < -0.4 is 11.5 Å². The van der Waals surface area contributed by atoms with E-state index in [1.54, 1.807) is 0 Å². The molecule has 0 saturated carbocycles. The molecule has 1 unspecified atom stereocenters. The third kappa shape index (κ3) is 13.3. The molecule has 0 saturated heterocycles. The van der Waals surface area contributed by atoms with Crippen LogP contribution in [0.1, 0.15) is 0 Å². The number of hydrogen-bond donors (Lipinski definition) is 12. The number of aliphatic hydroxyl groups excluding tert-OH is 6. The minimum atomic E-state index is -2.61. The van der Waals surface area contributed by atoms with E-state index in [9.17, 15) is 30.6 Å². The van der Waals surface area contributed by atoms with Gasteiger partial charge in [-0.15, -0.1) is 0 Å². The van der Waals surface area contributed by atoms with Gasteiger partial charge < -0.3 is 71.2 Å². The molecule has 29 heavy (non-hydrogen) atoms. The first-order valence-corrected chi connectivity index (χ1v) is 10.3. The average molecular weight is 474 g/mol. The molecule has 0 rings (SSSR count). The lowest BCUT2D eigenvalue weighted by atomic mass is 9.89. The van der Waals surface area contributed by atoms with E-state index in [0.717, 1.165) is 0 Å². The second-order valence-electron chi connectivity index (χ2n) is 6.08. The van der Waals surface area contributed by atoms with Gasteiger partial charge in [0.15, 0.2) is 6.29 Å². The first-order chi connectivity index (χ1) is 13.5. The van der Waals surface area contributed by atoms with Crippen molar-refractivity contribution in [1.29, 1.82) is 0 Å². The molecule has 0 heterocycles. The van der Waals surface area contributed by atoms with E-state index in [0.29, 0.717) is 0 Å². The zero-order valence-electron chi connectivity index (χ0n) is 15.6. The summed E-state index contributed by atoms with van der Waals surface area (Å²) in [6, 6.07) is 0. The van der Waals surface area contributed by atoms with Crippen molar-refractivity contribution in [3.05, 3.63) is 0 Å². The summed E-state index contributed by atoms with van der Waals surface area (Å²) < 4.78 is 13.8. The molecule has 0 radical (unpaired) electrons. The summed E-state index contributed by atoms with van der Waals surface area (Å²) in [4.78, 5) is 31.3. The maximum atomic E-state index is 9.93. The highest BCUT2D eigenvalue weighted by Gasteiger charge is 2.40. The van der Waals surface area contributed by atoms with Crippen molar-refractivity contribution in [3.63, 3.8) is 0 Å². The van der Waals surface area contributed by atoms with Gasteiger partial charge in [0.2, 0.25) is 0 Å². The lowest BCUT2D eigenvalue weighted by molar-refractivity contribution is -0.223. The number of aliphatic hydroxyl groups is 6. The van der Waals surface area contributed by atoms with Crippen molar-refractivity contribution in [2.75, 3.05) is 52.9 Å². The molecule has 17 heteroatoms. The van der Waals surface area contributed by atoms with Gasteiger partial charge in [-0.1, -0.05) is 0 Å². The Balaban J connectivity index is 0. The first kappa shape index (κ1) is 31.4. The Bertz CT molecular complexity index is 373. The summed E-state index contributed by atoms with van der Waals surface area (Å²) in [6.45, 7) is -3.67. The van der Waals surface area contributed by atoms with E-state index < -0.39 is 73.5 Å². The third-order valence-corrected chi connectivity index (χ3v) is 4.72. The second-order valence-corrected chi connectivity index (χ2v) is 7.75. The van der Waals surface area contributed by atoms with Crippen molar-refractivity contribution in [1.82, 2.24) is 0 Å². The van der Waals surface area contributed by atoms with Gasteiger partial charge in [-0.3, -0.25) is 0 Å². The van der Waals surface area contributed by atoms with Crippen LogP contribution in [0.15, 0.2) is 0 Å². The maximum absolute atomic E-state index is 9.93. The Hall–Kier alpha value is 0.260. The zero-order chi connectivity index (χ0) is 23.1. The summed E-state index contributed by atoms with van der Waals surface area (Å²) in [5.41, 5.74) is 7.76. The van der Waals surface area contributed by atoms with Crippen LogP contribution in [0, 0.1) is 10.8 Å². The highest BCUT2D eigenvalue weighted by atomic mass is 31.2. The van der Waals surface area contributed by atoms with Crippen molar-refractivity contribution >= 4 is 17.2 Å². The van der Waals surface area contributed by atoms with E-state index in [4.69, 9.17) is 40.5 Å². The smallest absolute Gasteiger partial charge is 0.334 e. The second kappa shape index (κ2) is 16.9. The molecule has 14 N–H and O–H groups in total. The van der Waals surface area contributed by atoms with Gasteiger partial charge >= 0.3 is 17.2 Å². The number of nitrogens with two attached hydrogens (primary N) is 2. The zero-order valence-corrected chi connectivity index (χ0v) is 17.3. The van der Waals surface area contributed by atoms with Crippen LogP contribution in [-0.2, 0) is 13.8 Å². The molecular formula is C12H32N2O13P2. The molecule has 0 bridgehead atoms. The Kier molecular flexibility index (Phi) is 18.3. The Morgan fingerprint density at radius 1 is 0.759 bits per heavy atom. The van der Waals surface area contributed by atoms with Gasteiger partial charge in [-0.25, -0.2) is 4.31 Å². The number of ether oxygens (including phenoxy) is 2. The normalized spacial score (nSPS) is 13.8. The summed E-state index contributed by atoms with van der Waals surface area (Å²) in [5.74, 6) is 0. The predicted molar refractivity (Wildman–Crippen MR) is 99.0 cm³/mol. The van der Waals surface area contributed by atoms with Crippen LogP contribution >= 0.6 is 17.2 Å². The van der Waals surface area contributed by atoms with Gasteiger partial charge in [-0.05, 0) is 0 Å². The van der Waals surface area contributed by atoms with Gasteiger partial charge in [-0.2, -0.15) is 0 Å². The molecule has 0 aliphatic heterocycles. The number of hydrogen-bond acceptors (Lipinski definition) is 15. The summed E-state index contributed by atoms with van der Waals surface area (Å²) in [5, 5.41) is 56.3. The topological polar surface area (TPSA) is 282 Å². The van der Waals surface area contributed by atoms with Gasteiger partial charge in [0.05, 0.1) is 69.9 Å². The minimum Gasteiger partial charge on any atom is -0.396 e. The molecule has 1 atom stereocenters. The fourth-order valence-corrected chi connectivity index (χ4v) is 2.09. The predicted octanol–water partition coefficient (Wildman–Crippen LogP) is -5.06.